The van der Waals surface area contributed by atoms with E-state index in [1.54, 1.807) is 6.26 Å². The van der Waals surface area contributed by atoms with Crippen molar-refractivity contribution in [2.75, 3.05) is 13.7 Å². The van der Waals surface area contributed by atoms with Gasteiger partial charge in [-0.3, -0.25) is 19.2 Å². The van der Waals surface area contributed by atoms with Crippen LogP contribution in [-0.2, 0) is 47.6 Å². The minimum atomic E-state index is -1.78. The third-order valence-electron chi connectivity index (χ3n) is 12.3. The molecule has 43 heavy (non-hydrogen) atoms. The molecule has 0 amide bonds. The van der Waals surface area contributed by atoms with E-state index in [4.69, 9.17) is 28.4 Å². The smallest absolute Gasteiger partial charge is 0.321 e. The van der Waals surface area contributed by atoms with Crippen molar-refractivity contribution in [3.63, 3.8) is 0 Å². The lowest BCUT2D eigenvalue weighted by Crippen LogP contribution is -2.81. The minimum absolute atomic E-state index is 0.0355. The highest BCUT2D eigenvalue weighted by Crippen LogP contribution is 2.74. The lowest BCUT2D eigenvalue weighted by atomic mass is 9.36. The van der Waals surface area contributed by atoms with Gasteiger partial charge in [-0.05, 0) is 68.3 Å². The fourth-order valence-corrected chi connectivity index (χ4v) is 10.7. The Morgan fingerprint density at radius 1 is 1.02 bits per heavy atom. The van der Waals surface area contributed by atoms with Gasteiger partial charge in [0.1, 0.15) is 24.9 Å². The van der Waals surface area contributed by atoms with Crippen molar-refractivity contribution < 1.29 is 52.7 Å². The Bertz CT molecular complexity index is 1260. The number of hydrogen-bond donors (Lipinski definition) is 1. The largest absolute Gasteiger partial charge is 0.500 e. The number of carbonyl (C=O) groups is 4. The topological polar surface area (TPSA) is 147 Å². The Hall–Kier alpha value is -2.66. The van der Waals surface area contributed by atoms with E-state index < -0.39 is 70.1 Å². The molecule has 11 nitrogen and oxygen atoms in total. The number of epoxide rings is 1. The zero-order valence-electron chi connectivity index (χ0n) is 26.0. The summed E-state index contributed by atoms with van der Waals surface area (Å²) in [6.07, 6.45) is 0.647. The Kier molecular flexibility index (Phi) is 7.01. The highest BCUT2D eigenvalue weighted by Gasteiger charge is 2.86. The molecule has 13 atom stereocenters. The first kappa shape index (κ1) is 30.4. The molecule has 0 radical (unpaired) electrons. The Morgan fingerprint density at radius 3 is 2.33 bits per heavy atom. The fraction of sp³-hybridized carbons (Fsp3) is 0.812. The normalized spacial score (nSPS) is 47.9. The number of hydrogen-bond acceptors (Lipinski definition) is 11. The molecule has 4 saturated carbocycles. The maximum absolute atomic E-state index is 14.1. The molecule has 6 rings (SSSR count). The van der Waals surface area contributed by atoms with Crippen molar-refractivity contribution in [3.05, 3.63) is 11.8 Å². The quantitative estimate of drug-likeness (QED) is 0.281. The van der Waals surface area contributed by atoms with Gasteiger partial charge < -0.3 is 33.5 Å². The van der Waals surface area contributed by atoms with Gasteiger partial charge in [-0.15, -0.1) is 0 Å². The first-order chi connectivity index (χ1) is 20.2. The van der Waals surface area contributed by atoms with Crippen LogP contribution in [0.15, 0.2) is 11.8 Å². The zero-order chi connectivity index (χ0) is 31.3. The van der Waals surface area contributed by atoms with Crippen molar-refractivity contribution in [2.45, 2.75) is 110 Å². The lowest BCUT2D eigenvalue weighted by molar-refractivity contribution is -0.319. The van der Waals surface area contributed by atoms with Gasteiger partial charge in [0.05, 0.1) is 30.5 Å². The molecular formula is C32H44O11. The predicted octanol–water partition coefficient (Wildman–Crippen LogP) is 2.86. The van der Waals surface area contributed by atoms with Gasteiger partial charge in [0.15, 0.2) is 11.5 Å². The van der Waals surface area contributed by atoms with E-state index in [-0.39, 0.29) is 36.2 Å². The van der Waals surface area contributed by atoms with E-state index in [1.807, 2.05) is 20.8 Å². The molecule has 2 heterocycles. The Morgan fingerprint density at radius 2 is 1.70 bits per heavy atom. The van der Waals surface area contributed by atoms with Crippen molar-refractivity contribution in [3.8, 4) is 0 Å². The van der Waals surface area contributed by atoms with E-state index in [1.165, 1.54) is 27.9 Å². The molecule has 0 aromatic carbocycles. The maximum atomic E-state index is 14.1. The second-order valence-electron chi connectivity index (χ2n) is 14.1. The van der Waals surface area contributed by atoms with Crippen molar-refractivity contribution in [1.82, 2.24) is 0 Å². The monoisotopic (exact) mass is 604 g/mol. The van der Waals surface area contributed by atoms with Gasteiger partial charge in [0, 0.05) is 26.2 Å². The van der Waals surface area contributed by atoms with Crippen LogP contribution in [0.2, 0.25) is 0 Å². The van der Waals surface area contributed by atoms with Crippen LogP contribution in [0.5, 0.6) is 0 Å². The summed E-state index contributed by atoms with van der Waals surface area (Å²) in [6, 6.07) is 0. The van der Waals surface area contributed by atoms with Crippen LogP contribution in [0.4, 0.5) is 0 Å². The molecule has 238 valence electrons. The molecule has 1 N–H and O–H groups in total. The summed E-state index contributed by atoms with van der Waals surface area (Å²) in [7, 11) is 1.25. The molecule has 2 aliphatic heterocycles. The number of carbonyl (C=O) groups excluding carboxylic acids is 4. The van der Waals surface area contributed by atoms with Gasteiger partial charge in [0.25, 0.3) is 0 Å². The Balaban J connectivity index is 1.52. The van der Waals surface area contributed by atoms with Gasteiger partial charge in [-0.25, -0.2) is 0 Å². The third-order valence-corrected chi connectivity index (χ3v) is 12.3. The van der Waals surface area contributed by atoms with Crippen LogP contribution in [-0.4, -0.2) is 78.8 Å². The summed E-state index contributed by atoms with van der Waals surface area (Å²) in [5.74, 6) is -3.07. The number of ether oxygens (including phenoxy) is 6. The van der Waals surface area contributed by atoms with Crippen LogP contribution in [0.3, 0.4) is 0 Å². The van der Waals surface area contributed by atoms with E-state index in [9.17, 15) is 24.3 Å². The molecule has 0 spiro atoms. The molecule has 0 bridgehead atoms. The molecule has 0 aromatic rings. The highest BCUT2D eigenvalue weighted by atomic mass is 16.6. The van der Waals surface area contributed by atoms with Gasteiger partial charge in [-0.1, -0.05) is 13.8 Å². The number of fused-ring (bicyclic) bond motifs is 9. The summed E-state index contributed by atoms with van der Waals surface area (Å²) < 4.78 is 35.3. The standard InChI is InChI=1S/C32H44O11/c1-15-12-31(37)23-9-8-20-21(10-11-30(14-39-13-22(20)30)16(2)40-17(3)33)29(23,6)26(41-18(4)34)27(42-19(5)35)32(31,28(36)38-7)25-24(15)43-25/h13,15-16,20-21,23-27,37H,8-12,14H2,1-7H3/t15?,16?,20?,21?,23?,24-,25-,26-,27+,29-,30+,31-,32-/m1/s1. The van der Waals surface area contributed by atoms with Crippen LogP contribution in [0.25, 0.3) is 0 Å². The predicted molar refractivity (Wildman–Crippen MR) is 148 cm³/mol. The van der Waals surface area contributed by atoms with Crippen LogP contribution >= 0.6 is 0 Å². The summed E-state index contributed by atoms with van der Waals surface area (Å²) in [5.41, 5.74) is -3.80. The zero-order valence-corrected chi connectivity index (χ0v) is 26.0. The molecule has 0 aromatic heterocycles. The van der Waals surface area contributed by atoms with Crippen molar-refractivity contribution in [2.24, 2.45) is 39.9 Å². The van der Waals surface area contributed by atoms with E-state index in [0.717, 1.165) is 5.57 Å². The number of aliphatic hydroxyl groups is 1. The van der Waals surface area contributed by atoms with Crippen LogP contribution in [0.1, 0.15) is 73.6 Å². The summed E-state index contributed by atoms with van der Waals surface area (Å²) in [4.78, 5) is 51.6. The molecule has 4 aliphatic carbocycles. The van der Waals surface area contributed by atoms with E-state index in [0.29, 0.717) is 32.3 Å². The SMILES string of the molecule is COC(=O)[C@]12[C@@H]3O[C@@H]3C(C)C[C@@]1(O)C1CCC3C4=COC[C@]4(C(C)OC(C)=O)CCC3[C@@]1(C)[C@H](OC(C)=O)[C@@H]2OC(C)=O. The molecular weight excluding hydrogens is 560 g/mol. The minimum Gasteiger partial charge on any atom is -0.500 e. The number of rotatable bonds is 5. The van der Waals surface area contributed by atoms with Crippen LogP contribution in [0, 0.1) is 39.9 Å². The second-order valence-corrected chi connectivity index (χ2v) is 14.1. The number of esters is 4. The summed E-state index contributed by atoms with van der Waals surface area (Å²) >= 11 is 0. The van der Waals surface area contributed by atoms with Crippen molar-refractivity contribution >= 4 is 23.9 Å². The first-order valence-corrected chi connectivity index (χ1v) is 15.5. The molecule has 6 aliphatic rings. The molecule has 5 fully saturated rings. The average molecular weight is 605 g/mol. The maximum Gasteiger partial charge on any atom is 0.321 e. The summed E-state index contributed by atoms with van der Waals surface area (Å²) in [5, 5.41) is 13.1. The van der Waals surface area contributed by atoms with Gasteiger partial charge in [-0.2, -0.15) is 0 Å². The third kappa shape index (κ3) is 3.85. The molecule has 1 saturated heterocycles. The second kappa shape index (κ2) is 9.92. The van der Waals surface area contributed by atoms with Gasteiger partial charge in [0.2, 0.25) is 0 Å². The van der Waals surface area contributed by atoms with E-state index >= 15 is 0 Å². The lowest BCUT2D eigenvalue weighted by Gasteiger charge is -2.69. The highest BCUT2D eigenvalue weighted by molar-refractivity contribution is 5.83. The average Bonchev–Trinajstić information content (AvgIpc) is 3.60. The Labute approximate surface area is 251 Å². The van der Waals surface area contributed by atoms with Gasteiger partial charge >= 0.3 is 23.9 Å². The molecule has 11 heteroatoms. The van der Waals surface area contributed by atoms with E-state index in [2.05, 4.69) is 0 Å². The van der Waals surface area contributed by atoms with Crippen LogP contribution < -0.4 is 0 Å². The molecule has 5 unspecified atom stereocenters. The fourth-order valence-electron chi connectivity index (χ4n) is 10.7. The number of methoxy groups -OCH3 is 1. The van der Waals surface area contributed by atoms with Crippen molar-refractivity contribution in [1.29, 1.82) is 0 Å². The summed E-state index contributed by atoms with van der Waals surface area (Å²) in [6.45, 7) is 10.3. The first-order valence-electron chi connectivity index (χ1n) is 15.5.